The van der Waals surface area contributed by atoms with Crippen LogP contribution in [0.1, 0.15) is 11.1 Å². The average molecular weight is 302 g/mol. The van der Waals surface area contributed by atoms with Gasteiger partial charge in [-0.2, -0.15) is 0 Å². The minimum absolute atomic E-state index is 0.0742. The van der Waals surface area contributed by atoms with Gasteiger partial charge in [0.1, 0.15) is 12.2 Å². The first kappa shape index (κ1) is 16.6. The summed E-state index contributed by atoms with van der Waals surface area (Å²) < 4.78 is 10.8. The second-order valence-electron chi connectivity index (χ2n) is 5.14. The molecule has 0 spiro atoms. The summed E-state index contributed by atoms with van der Waals surface area (Å²) >= 11 is 0. The molecular weight excluding hydrogens is 280 g/mol. The van der Waals surface area contributed by atoms with Crippen LogP contribution in [0.25, 0.3) is 0 Å². The Morgan fingerprint density at radius 1 is 0.636 bits per heavy atom. The van der Waals surface area contributed by atoms with Gasteiger partial charge in [-0.1, -0.05) is 60.7 Å². The van der Waals surface area contributed by atoms with Crippen LogP contribution in [0.15, 0.2) is 60.7 Å². The molecule has 2 rings (SSSR count). The molecule has 2 aromatic rings. The van der Waals surface area contributed by atoms with Crippen molar-refractivity contribution in [1.82, 2.24) is 0 Å². The summed E-state index contributed by atoms with van der Waals surface area (Å²) in [5.41, 5.74) is 2.06. The molecule has 0 heterocycles. The van der Waals surface area contributed by atoms with E-state index in [1.165, 1.54) is 0 Å². The quantitative estimate of drug-likeness (QED) is 0.745. The lowest BCUT2D eigenvalue weighted by molar-refractivity contribution is -0.0758. The number of hydrogen-bond donors (Lipinski definition) is 2. The van der Waals surface area contributed by atoms with E-state index in [1.807, 2.05) is 60.7 Å². The number of hydrogen-bond acceptors (Lipinski definition) is 4. The van der Waals surface area contributed by atoms with Crippen molar-refractivity contribution in [2.24, 2.45) is 0 Å². The molecule has 4 heteroatoms. The summed E-state index contributed by atoms with van der Waals surface area (Å²) in [6, 6.07) is 19.4. The summed E-state index contributed by atoms with van der Waals surface area (Å²) in [5, 5.41) is 19.7. The maximum absolute atomic E-state index is 9.84. The van der Waals surface area contributed by atoms with Gasteiger partial charge in [-0.25, -0.2) is 0 Å². The maximum atomic E-state index is 9.84. The molecule has 0 aromatic heterocycles. The van der Waals surface area contributed by atoms with Crippen molar-refractivity contribution in [3.63, 3.8) is 0 Å². The van der Waals surface area contributed by atoms with Gasteiger partial charge in [-0.15, -0.1) is 0 Å². The molecule has 2 atom stereocenters. The Morgan fingerprint density at radius 2 is 1.00 bits per heavy atom. The summed E-state index contributed by atoms with van der Waals surface area (Å²) in [5.74, 6) is 0. The van der Waals surface area contributed by atoms with Crippen molar-refractivity contribution in [3.8, 4) is 0 Å². The fourth-order valence-corrected chi connectivity index (χ4v) is 1.97. The van der Waals surface area contributed by atoms with E-state index in [9.17, 15) is 10.2 Å². The van der Waals surface area contributed by atoms with Crippen LogP contribution in [0.5, 0.6) is 0 Å². The molecule has 0 amide bonds. The van der Waals surface area contributed by atoms with Gasteiger partial charge in [-0.3, -0.25) is 0 Å². The van der Waals surface area contributed by atoms with Crippen molar-refractivity contribution >= 4 is 0 Å². The summed E-state index contributed by atoms with van der Waals surface area (Å²) in [6.07, 6.45) is -1.92. The highest BCUT2D eigenvalue weighted by Gasteiger charge is 2.16. The Labute approximate surface area is 130 Å². The highest BCUT2D eigenvalue weighted by atomic mass is 16.5. The zero-order chi connectivity index (χ0) is 15.6. The molecule has 0 saturated heterocycles. The second kappa shape index (κ2) is 9.33. The second-order valence-corrected chi connectivity index (χ2v) is 5.14. The zero-order valence-electron chi connectivity index (χ0n) is 12.5. The third-order valence-corrected chi connectivity index (χ3v) is 3.24. The summed E-state index contributed by atoms with van der Waals surface area (Å²) in [7, 11) is 0. The van der Waals surface area contributed by atoms with Crippen LogP contribution in [0.3, 0.4) is 0 Å². The van der Waals surface area contributed by atoms with Crippen molar-refractivity contribution in [1.29, 1.82) is 0 Å². The van der Waals surface area contributed by atoms with Crippen LogP contribution in [0.2, 0.25) is 0 Å². The SMILES string of the molecule is O[C@@H](COCc1ccccc1)[C@@H](O)COCc1ccccc1. The van der Waals surface area contributed by atoms with E-state index >= 15 is 0 Å². The predicted molar refractivity (Wildman–Crippen MR) is 84.2 cm³/mol. The Morgan fingerprint density at radius 3 is 1.36 bits per heavy atom. The van der Waals surface area contributed by atoms with E-state index < -0.39 is 12.2 Å². The van der Waals surface area contributed by atoms with Gasteiger partial charge in [0, 0.05) is 0 Å². The third kappa shape index (κ3) is 5.95. The van der Waals surface area contributed by atoms with Gasteiger partial charge in [0.25, 0.3) is 0 Å². The lowest BCUT2D eigenvalue weighted by Gasteiger charge is -2.18. The normalized spacial score (nSPS) is 13.7. The lowest BCUT2D eigenvalue weighted by atomic mass is 10.2. The topological polar surface area (TPSA) is 58.9 Å². The molecule has 22 heavy (non-hydrogen) atoms. The molecular formula is C18H22O4. The first-order chi connectivity index (χ1) is 10.8. The first-order valence-electron chi connectivity index (χ1n) is 7.35. The predicted octanol–water partition coefficient (Wildman–Crippen LogP) is 2.14. The number of rotatable bonds is 9. The molecule has 118 valence electrons. The standard InChI is InChI=1S/C18H22O4/c19-17(13-21-11-15-7-3-1-4-8-15)18(20)14-22-12-16-9-5-2-6-10-16/h1-10,17-20H,11-14H2/t17-,18-/m0/s1. The molecule has 0 saturated carbocycles. The molecule has 0 aliphatic rings. The summed E-state index contributed by atoms with van der Waals surface area (Å²) in [4.78, 5) is 0. The molecule has 2 N–H and O–H groups in total. The number of aliphatic hydroxyl groups is 2. The van der Waals surface area contributed by atoms with Gasteiger partial charge >= 0.3 is 0 Å². The summed E-state index contributed by atoms with van der Waals surface area (Å²) in [6.45, 7) is 0.973. The van der Waals surface area contributed by atoms with Crippen LogP contribution in [0, 0.1) is 0 Å². The lowest BCUT2D eigenvalue weighted by Crippen LogP contribution is -2.34. The Balaban J connectivity index is 1.61. The third-order valence-electron chi connectivity index (χ3n) is 3.24. The van der Waals surface area contributed by atoms with Crippen LogP contribution in [0.4, 0.5) is 0 Å². The van der Waals surface area contributed by atoms with Crippen molar-refractivity contribution in [3.05, 3.63) is 71.8 Å². The first-order valence-corrected chi connectivity index (χ1v) is 7.35. The van der Waals surface area contributed by atoms with E-state index in [0.717, 1.165) is 11.1 Å². The molecule has 0 bridgehead atoms. The molecule has 0 radical (unpaired) electrons. The Bertz CT molecular complexity index is 466. The van der Waals surface area contributed by atoms with Gasteiger partial charge < -0.3 is 19.7 Å². The molecule has 4 nitrogen and oxygen atoms in total. The molecule has 0 aliphatic carbocycles. The molecule has 0 unspecified atom stereocenters. The van der Waals surface area contributed by atoms with Crippen molar-refractivity contribution in [2.45, 2.75) is 25.4 Å². The monoisotopic (exact) mass is 302 g/mol. The smallest absolute Gasteiger partial charge is 0.105 e. The molecule has 2 aromatic carbocycles. The number of ether oxygens (including phenoxy) is 2. The van der Waals surface area contributed by atoms with Crippen LogP contribution >= 0.6 is 0 Å². The number of aliphatic hydroxyl groups excluding tert-OH is 2. The van der Waals surface area contributed by atoms with Crippen molar-refractivity contribution < 1.29 is 19.7 Å². The maximum Gasteiger partial charge on any atom is 0.105 e. The van der Waals surface area contributed by atoms with E-state index in [1.54, 1.807) is 0 Å². The van der Waals surface area contributed by atoms with Gasteiger partial charge in [-0.05, 0) is 11.1 Å². The average Bonchev–Trinajstić information content (AvgIpc) is 2.56. The highest BCUT2D eigenvalue weighted by Crippen LogP contribution is 2.05. The Kier molecular flexibility index (Phi) is 7.06. The van der Waals surface area contributed by atoms with Gasteiger partial charge in [0.05, 0.1) is 26.4 Å². The van der Waals surface area contributed by atoms with Crippen LogP contribution in [-0.4, -0.2) is 35.6 Å². The van der Waals surface area contributed by atoms with Crippen LogP contribution in [-0.2, 0) is 22.7 Å². The van der Waals surface area contributed by atoms with E-state index in [0.29, 0.717) is 13.2 Å². The largest absolute Gasteiger partial charge is 0.388 e. The van der Waals surface area contributed by atoms with Gasteiger partial charge in [0.2, 0.25) is 0 Å². The van der Waals surface area contributed by atoms with Crippen LogP contribution < -0.4 is 0 Å². The zero-order valence-corrected chi connectivity index (χ0v) is 12.5. The van der Waals surface area contributed by atoms with E-state index in [4.69, 9.17) is 9.47 Å². The molecule has 0 aliphatic heterocycles. The van der Waals surface area contributed by atoms with Crippen molar-refractivity contribution in [2.75, 3.05) is 13.2 Å². The fraction of sp³-hybridized carbons (Fsp3) is 0.333. The fourth-order valence-electron chi connectivity index (χ4n) is 1.97. The Hall–Kier alpha value is -1.72. The van der Waals surface area contributed by atoms with E-state index in [-0.39, 0.29) is 13.2 Å². The minimum atomic E-state index is -0.959. The highest BCUT2D eigenvalue weighted by molar-refractivity contribution is 5.14. The molecule has 0 fully saturated rings. The van der Waals surface area contributed by atoms with E-state index in [2.05, 4.69) is 0 Å². The number of benzene rings is 2. The van der Waals surface area contributed by atoms with Gasteiger partial charge in [0.15, 0.2) is 0 Å². The minimum Gasteiger partial charge on any atom is -0.388 e.